The predicted molar refractivity (Wildman–Crippen MR) is 83.7 cm³/mol. The molecule has 1 N–H and O–H groups in total. The van der Waals surface area contributed by atoms with Gasteiger partial charge in [0.15, 0.2) is 0 Å². The zero-order valence-corrected chi connectivity index (χ0v) is 13.2. The van der Waals surface area contributed by atoms with Crippen molar-refractivity contribution >= 4 is 11.7 Å². The van der Waals surface area contributed by atoms with Crippen molar-refractivity contribution in [1.82, 2.24) is 9.88 Å². The average Bonchev–Trinajstić information content (AvgIpc) is 2.54. The number of ether oxygens (including phenoxy) is 1. The molecule has 1 aromatic heterocycles. The molecule has 21 heavy (non-hydrogen) atoms. The molecule has 0 saturated carbocycles. The van der Waals surface area contributed by atoms with Gasteiger partial charge in [-0.3, -0.25) is 4.79 Å². The Morgan fingerprint density at radius 3 is 2.95 bits per heavy atom. The highest BCUT2D eigenvalue weighted by Gasteiger charge is 2.24. The van der Waals surface area contributed by atoms with Crippen molar-refractivity contribution in [1.29, 1.82) is 0 Å². The maximum Gasteiger partial charge on any atom is 0.254 e. The second kappa shape index (κ2) is 7.41. The first-order valence-corrected chi connectivity index (χ1v) is 7.77. The van der Waals surface area contributed by atoms with E-state index in [1.807, 2.05) is 24.1 Å². The number of aryl methyl sites for hydroxylation is 1. The Balaban J connectivity index is 2.19. The van der Waals surface area contributed by atoms with E-state index in [-0.39, 0.29) is 12.0 Å². The molecule has 2 heterocycles. The molecule has 0 bridgehead atoms. The number of morpholine rings is 1. The summed E-state index contributed by atoms with van der Waals surface area (Å²) >= 11 is 0. The molecule has 1 aromatic rings. The van der Waals surface area contributed by atoms with E-state index in [9.17, 15) is 4.79 Å². The van der Waals surface area contributed by atoms with E-state index in [4.69, 9.17) is 4.74 Å². The number of amides is 1. The molecule has 5 heteroatoms. The van der Waals surface area contributed by atoms with Gasteiger partial charge >= 0.3 is 0 Å². The van der Waals surface area contributed by atoms with Crippen LogP contribution in [0.4, 0.5) is 5.82 Å². The lowest BCUT2D eigenvalue weighted by Crippen LogP contribution is -2.45. The van der Waals surface area contributed by atoms with Crippen molar-refractivity contribution in [3.05, 3.63) is 23.4 Å². The maximum atomic E-state index is 12.7. The second-order valence-electron chi connectivity index (χ2n) is 5.38. The Bertz CT molecular complexity index is 490. The van der Waals surface area contributed by atoms with Gasteiger partial charge in [0.25, 0.3) is 5.91 Å². The van der Waals surface area contributed by atoms with E-state index >= 15 is 0 Å². The topological polar surface area (TPSA) is 54.5 Å². The Hall–Kier alpha value is -1.62. The molecule has 5 nitrogen and oxygen atoms in total. The molecule has 1 aliphatic rings. The zero-order valence-electron chi connectivity index (χ0n) is 13.2. The van der Waals surface area contributed by atoms with Crippen LogP contribution in [0, 0.1) is 0 Å². The van der Waals surface area contributed by atoms with E-state index in [0.29, 0.717) is 19.7 Å². The Kier molecular flexibility index (Phi) is 5.56. The minimum absolute atomic E-state index is 0.0769. The fraction of sp³-hybridized carbons (Fsp3) is 0.625. The fourth-order valence-corrected chi connectivity index (χ4v) is 2.56. The third-order valence-corrected chi connectivity index (χ3v) is 3.77. The highest BCUT2D eigenvalue weighted by Crippen LogP contribution is 2.16. The van der Waals surface area contributed by atoms with Crippen molar-refractivity contribution in [3.8, 4) is 0 Å². The molecular formula is C16H25N3O2. The average molecular weight is 291 g/mol. The number of aromatic nitrogens is 1. The fourth-order valence-electron chi connectivity index (χ4n) is 2.56. The summed E-state index contributed by atoms with van der Waals surface area (Å²) in [4.78, 5) is 19.1. The number of rotatable bonds is 5. The van der Waals surface area contributed by atoms with Crippen LogP contribution in [0.2, 0.25) is 0 Å². The van der Waals surface area contributed by atoms with Gasteiger partial charge in [-0.2, -0.15) is 0 Å². The molecular weight excluding hydrogens is 266 g/mol. The highest BCUT2D eigenvalue weighted by atomic mass is 16.5. The lowest BCUT2D eigenvalue weighted by atomic mass is 10.1. The number of hydrogen-bond donors (Lipinski definition) is 1. The molecule has 1 amide bonds. The van der Waals surface area contributed by atoms with E-state index in [1.54, 1.807) is 0 Å². The van der Waals surface area contributed by atoms with Gasteiger partial charge in [0.2, 0.25) is 0 Å². The Labute approximate surface area is 126 Å². The van der Waals surface area contributed by atoms with Gasteiger partial charge in [0.1, 0.15) is 5.82 Å². The van der Waals surface area contributed by atoms with Gasteiger partial charge in [0.05, 0.1) is 12.7 Å². The molecule has 0 radical (unpaired) electrons. The van der Waals surface area contributed by atoms with Gasteiger partial charge in [-0.1, -0.05) is 20.3 Å². The summed E-state index contributed by atoms with van der Waals surface area (Å²) in [5, 5.41) is 3.04. The molecule has 2 rings (SSSR count). The number of carbonyl (C=O) groups is 1. The van der Waals surface area contributed by atoms with E-state index < -0.39 is 0 Å². The van der Waals surface area contributed by atoms with Crippen molar-refractivity contribution in [2.24, 2.45) is 0 Å². The van der Waals surface area contributed by atoms with Crippen LogP contribution in [0.1, 0.15) is 42.7 Å². The monoisotopic (exact) mass is 291 g/mol. The second-order valence-corrected chi connectivity index (χ2v) is 5.38. The molecule has 1 unspecified atom stereocenters. The van der Waals surface area contributed by atoms with Crippen molar-refractivity contribution < 1.29 is 9.53 Å². The summed E-state index contributed by atoms with van der Waals surface area (Å²) < 4.78 is 5.63. The van der Waals surface area contributed by atoms with Gasteiger partial charge in [-0.05, 0) is 25.0 Å². The van der Waals surface area contributed by atoms with Crippen molar-refractivity contribution in [3.63, 3.8) is 0 Å². The van der Waals surface area contributed by atoms with Crippen LogP contribution in [0.15, 0.2) is 12.1 Å². The van der Waals surface area contributed by atoms with E-state index in [0.717, 1.165) is 36.3 Å². The summed E-state index contributed by atoms with van der Waals surface area (Å²) in [6.07, 6.45) is 2.99. The molecule has 116 valence electrons. The normalized spacial score (nSPS) is 18.6. The lowest BCUT2D eigenvalue weighted by molar-refractivity contribution is -0.0226. The Morgan fingerprint density at radius 1 is 1.48 bits per heavy atom. The van der Waals surface area contributed by atoms with Crippen molar-refractivity contribution in [2.75, 3.05) is 32.1 Å². The SMILES string of the molecule is CCCc1cc(C(=O)N2CCOC(CC)C2)cc(NC)n1. The summed E-state index contributed by atoms with van der Waals surface area (Å²) in [7, 11) is 1.83. The van der Waals surface area contributed by atoms with Crippen LogP contribution in [0.25, 0.3) is 0 Å². The number of hydrogen-bond acceptors (Lipinski definition) is 4. The summed E-state index contributed by atoms with van der Waals surface area (Å²) in [6, 6.07) is 3.75. The smallest absolute Gasteiger partial charge is 0.254 e. The molecule has 0 aromatic carbocycles. The first-order valence-electron chi connectivity index (χ1n) is 7.77. The molecule has 1 aliphatic heterocycles. The van der Waals surface area contributed by atoms with Crippen molar-refractivity contribution in [2.45, 2.75) is 39.2 Å². The van der Waals surface area contributed by atoms with Crippen LogP contribution in [-0.2, 0) is 11.2 Å². The molecule has 0 aliphatic carbocycles. The Morgan fingerprint density at radius 2 is 2.29 bits per heavy atom. The number of pyridine rings is 1. The summed E-state index contributed by atoms with van der Waals surface area (Å²) in [6.45, 7) is 6.16. The van der Waals surface area contributed by atoms with Gasteiger partial charge < -0.3 is 15.0 Å². The first kappa shape index (κ1) is 15.8. The van der Waals surface area contributed by atoms with Crippen LogP contribution in [0.5, 0.6) is 0 Å². The van der Waals surface area contributed by atoms with Crippen LogP contribution >= 0.6 is 0 Å². The van der Waals surface area contributed by atoms with Gasteiger partial charge in [-0.15, -0.1) is 0 Å². The highest BCUT2D eigenvalue weighted by molar-refractivity contribution is 5.95. The molecule has 1 atom stereocenters. The van der Waals surface area contributed by atoms with Crippen LogP contribution in [0.3, 0.4) is 0 Å². The third-order valence-electron chi connectivity index (χ3n) is 3.77. The quantitative estimate of drug-likeness (QED) is 0.904. The van der Waals surface area contributed by atoms with Gasteiger partial charge in [0, 0.05) is 31.4 Å². The first-order chi connectivity index (χ1) is 10.2. The summed E-state index contributed by atoms with van der Waals surface area (Å²) in [5.41, 5.74) is 1.68. The predicted octanol–water partition coefficient (Wildman–Crippen LogP) is 2.33. The zero-order chi connectivity index (χ0) is 15.2. The van der Waals surface area contributed by atoms with E-state index in [2.05, 4.69) is 24.1 Å². The lowest BCUT2D eigenvalue weighted by Gasteiger charge is -2.32. The number of anilines is 1. The van der Waals surface area contributed by atoms with E-state index in [1.165, 1.54) is 0 Å². The minimum atomic E-state index is 0.0769. The molecule has 1 saturated heterocycles. The molecule has 1 fully saturated rings. The standard InChI is InChI=1S/C16H25N3O2/c1-4-6-13-9-12(10-15(17-3)18-13)16(20)19-7-8-21-14(5-2)11-19/h9-10,14H,4-8,11H2,1-3H3,(H,17,18). The maximum absolute atomic E-state index is 12.7. The number of nitrogens with zero attached hydrogens (tertiary/aromatic N) is 2. The van der Waals surface area contributed by atoms with Crippen LogP contribution < -0.4 is 5.32 Å². The third kappa shape index (κ3) is 3.94. The molecule has 0 spiro atoms. The number of carbonyl (C=O) groups excluding carboxylic acids is 1. The van der Waals surface area contributed by atoms with Crippen LogP contribution in [-0.4, -0.2) is 48.6 Å². The number of nitrogens with one attached hydrogen (secondary N) is 1. The minimum Gasteiger partial charge on any atom is -0.375 e. The largest absolute Gasteiger partial charge is 0.375 e. The summed E-state index contributed by atoms with van der Waals surface area (Å²) in [5.74, 6) is 0.831. The van der Waals surface area contributed by atoms with Gasteiger partial charge in [-0.25, -0.2) is 4.98 Å².